The molecule has 0 spiro atoms. The van der Waals surface area contributed by atoms with Gasteiger partial charge in [-0.15, -0.1) is 0 Å². The zero-order valence-corrected chi connectivity index (χ0v) is 23.7. The number of hydrogen-bond acceptors (Lipinski definition) is 10. The molecular formula is C29H35FN6O6. The number of nitrogens with zero attached hydrogens (tertiary/aromatic N) is 2. The zero-order chi connectivity index (χ0) is 30.9. The molecule has 3 aliphatic rings. The van der Waals surface area contributed by atoms with Crippen LogP contribution in [0.3, 0.4) is 0 Å². The van der Waals surface area contributed by atoms with Crippen LogP contribution in [0.5, 0.6) is 0 Å². The molecule has 2 aromatic heterocycles. The predicted octanol–water partition coefficient (Wildman–Crippen LogP) is 0.966. The van der Waals surface area contributed by atoms with E-state index in [2.05, 4.69) is 5.43 Å². The Balaban J connectivity index is 0.000000267. The molecule has 42 heavy (non-hydrogen) atoms. The van der Waals surface area contributed by atoms with Gasteiger partial charge in [0.05, 0.1) is 34.7 Å². The number of hydrogen-bond donors (Lipinski definition) is 6. The predicted molar refractivity (Wildman–Crippen MR) is 153 cm³/mol. The van der Waals surface area contributed by atoms with Crippen LogP contribution in [0.15, 0.2) is 28.3 Å². The van der Waals surface area contributed by atoms with Crippen molar-refractivity contribution in [3.05, 3.63) is 73.1 Å². The van der Waals surface area contributed by atoms with Crippen molar-refractivity contribution in [1.82, 2.24) is 15.0 Å². The molecular weight excluding hydrogens is 547 g/mol. The normalized spacial score (nSPS) is 16.5. The lowest BCUT2D eigenvalue weighted by Gasteiger charge is -2.22. The number of nitrogens with one attached hydrogen (secondary N) is 1. The number of aryl methyl sites for hydroxylation is 2. The third kappa shape index (κ3) is 5.10. The van der Waals surface area contributed by atoms with E-state index in [1.807, 2.05) is 13.8 Å². The summed E-state index contributed by atoms with van der Waals surface area (Å²) in [6.07, 6.45) is 1.30. The van der Waals surface area contributed by atoms with Gasteiger partial charge < -0.3 is 36.4 Å². The average Bonchev–Trinajstić information content (AvgIpc) is 3.36. The van der Waals surface area contributed by atoms with Crippen molar-refractivity contribution < 1.29 is 28.9 Å². The Morgan fingerprint density at radius 3 is 2.50 bits per heavy atom. The first-order valence-electron chi connectivity index (χ1n) is 13.7. The second-order valence-corrected chi connectivity index (χ2v) is 9.87. The van der Waals surface area contributed by atoms with Crippen molar-refractivity contribution in [3.63, 3.8) is 0 Å². The molecule has 12 nitrogen and oxygen atoms in total. The van der Waals surface area contributed by atoms with Crippen LogP contribution in [0.4, 0.5) is 4.39 Å². The van der Waals surface area contributed by atoms with Crippen LogP contribution in [0, 0.1) is 12.7 Å². The minimum Gasteiger partial charge on any atom is -0.458 e. The first-order valence-corrected chi connectivity index (χ1v) is 13.7. The van der Waals surface area contributed by atoms with Crippen LogP contribution in [-0.4, -0.2) is 38.2 Å². The van der Waals surface area contributed by atoms with Gasteiger partial charge in [0.1, 0.15) is 18.1 Å². The standard InChI is InChI=1S/C22H17FN2O4.C5H12N4O2.C2H6/c1-9-10-3-2-4-11-13-7-25-17(19(13)24-16(18(10)11)6-15(9)23)5-12-14(21(25)27)8-29-22(28)20(12)26;6-4(5(7)11)3(9-8)1-2-10;1-2/h5-6,20,26H,2-4,7-8H2,1H3;9-10H,1-2,6,8H2,(H2,7,11);1-2H3/b;4-3-;. The highest BCUT2D eigenvalue weighted by atomic mass is 19.1. The number of cyclic esters (lactones) is 1. The number of benzene rings is 1. The number of pyridine rings is 2. The quantitative estimate of drug-likeness (QED) is 0.0869. The van der Waals surface area contributed by atoms with Gasteiger partial charge in [0.15, 0.2) is 6.10 Å². The number of hydrazine groups is 1. The van der Waals surface area contributed by atoms with Gasteiger partial charge in [-0.3, -0.25) is 15.4 Å². The lowest BCUT2D eigenvalue weighted by Crippen LogP contribution is -2.32. The molecule has 0 bridgehead atoms. The Kier molecular flexibility index (Phi) is 8.95. The van der Waals surface area contributed by atoms with E-state index in [4.69, 9.17) is 32.1 Å². The molecule has 1 aliphatic carbocycles. The fourth-order valence-corrected chi connectivity index (χ4v) is 5.61. The second-order valence-electron chi connectivity index (χ2n) is 9.87. The van der Waals surface area contributed by atoms with Crippen molar-refractivity contribution in [3.8, 4) is 11.4 Å². The summed E-state index contributed by atoms with van der Waals surface area (Å²) in [7, 11) is 0. The fourth-order valence-electron chi connectivity index (χ4n) is 5.61. The molecule has 1 aromatic carbocycles. The molecule has 1 unspecified atom stereocenters. The van der Waals surface area contributed by atoms with Gasteiger partial charge in [-0.2, -0.15) is 0 Å². The maximum atomic E-state index is 14.5. The van der Waals surface area contributed by atoms with Gasteiger partial charge in [0.25, 0.3) is 11.5 Å². The molecule has 13 heteroatoms. The Morgan fingerprint density at radius 2 is 1.86 bits per heavy atom. The highest BCUT2D eigenvalue weighted by Crippen LogP contribution is 2.41. The molecule has 1 atom stereocenters. The number of amides is 1. The van der Waals surface area contributed by atoms with Crippen LogP contribution in [0.1, 0.15) is 66.2 Å². The number of nitrogens with two attached hydrogens (primary N) is 3. The summed E-state index contributed by atoms with van der Waals surface area (Å²) in [5, 5.41) is 19.7. The highest BCUT2D eigenvalue weighted by molar-refractivity contribution is 5.93. The van der Waals surface area contributed by atoms with Gasteiger partial charge in [-0.25, -0.2) is 14.2 Å². The van der Waals surface area contributed by atoms with E-state index in [1.54, 1.807) is 17.6 Å². The monoisotopic (exact) mass is 582 g/mol. The van der Waals surface area contributed by atoms with Gasteiger partial charge in [0.2, 0.25) is 0 Å². The van der Waals surface area contributed by atoms with Gasteiger partial charge in [-0.1, -0.05) is 13.8 Å². The number of fused-ring (bicyclic) bond motifs is 5. The summed E-state index contributed by atoms with van der Waals surface area (Å²) in [6, 6.07) is 3.13. The number of rotatable bonds is 4. The maximum Gasteiger partial charge on any atom is 0.340 e. The first-order chi connectivity index (χ1) is 20.1. The molecule has 0 saturated heterocycles. The first kappa shape index (κ1) is 30.6. The molecule has 6 rings (SSSR count). The number of ether oxygens (including phenoxy) is 1. The van der Waals surface area contributed by atoms with Gasteiger partial charge in [-0.05, 0) is 48.9 Å². The summed E-state index contributed by atoms with van der Waals surface area (Å²) in [5.74, 6) is 3.20. The largest absolute Gasteiger partial charge is 0.458 e. The number of esters is 1. The summed E-state index contributed by atoms with van der Waals surface area (Å²) in [5.41, 5.74) is 18.2. The summed E-state index contributed by atoms with van der Waals surface area (Å²) in [4.78, 5) is 40.0. The van der Waals surface area contributed by atoms with Crippen molar-refractivity contribution >= 4 is 22.8 Å². The number of aromatic nitrogens is 2. The molecule has 9 N–H and O–H groups in total. The fraction of sp³-hybridized carbons (Fsp3) is 0.379. The average molecular weight is 583 g/mol. The molecule has 1 amide bonds. The summed E-state index contributed by atoms with van der Waals surface area (Å²) < 4.78 is 21.1. The molecule has 2 aliphatic heterocycles. The Morgan fingerprint density at radius 1 is 1.17 bits per heavy atom. The van der Waals surface area contributed by atoms with E-state index in [0.717, 1.165) is 41.3 Å². The van der Waals surface area contributed by atoms with E-state index in [9.17, 15) is 23.9 Å². The Bertz CT molecular complexity index is 1680. The topological polar surface area (TPSA) is 209 Å². The summed E-state index contributed by atoms with van der Waals surface area (Å²) >= 11 is 0. The van der Waals surface area contributed by atoms with Crippen LogP contribution < -0.4 is 28.3 Å². The smallest absolute Gasteiger partial charge is 0.340 e. The SMILES string of the molecule is CC.Cc1c(F)cc2nc3c(c4c2c1CCC4)Cn1c-3cc2c(c1=O)COC(=O)C2O.NN/C(CCO)=C(\N)C(N)=O. The van der Waals surface area contributed by atoms with Crippen LogP contribution in [0.25, 0.3) is 22.3 Å². The molecule has 0 saturated carbocycles. The highest BCUT2D eigenvalue weighted by Gasteiger charge is 2.35. The van der Waals surface area contributed by atoms with Crippen molar-refractivity contribution in [2.24, 2.45) is 17.3 Å². The number of primary amides is 1. The number of halogens is 1. The van der Waals surface area contributed by atoms with E-state index in [-0.39, 0.29) is 48.0 Å². The van der Waals surface area contributed by atoms with E-state index < -0.39 is 18.0 Å². The third-order valence-corrected chi connectivity index (χ3v) is 7.67. The Labute approximate surface area is 240 Å². The van der Waals surface area contributed by atoms with Crippen LogP contribution >= 0.6 is 0 Å². The Hall–Kier alpha value is -4.33. The third-order valence-electron chi connectivity index (χ3n) is 7.67. The minimum absolute atomic E-state index is 0.141. The number of carbonyl (C=O) groups is 2. The van der Waals surface area contributed by atoms with Gasteiger partial charge in [0, 0.05) is 35.6 Å². The number of carbonyl (C=O) groups excluding carboxylic acids is 2. The minimum atomic E-state index is -1.48. The van der Waals surface area contributed by atoms with E-state index >= 15 is 0 Å². The van der Waals surface area contributed by atoms with Gasteiger partial charge >= 0.3 is 5.97 Å². The molecule has 0 fully saturated rings. The van der Waals surface area contributed by atoms with Crippen molar-refractivity contribution in [1.29, 1.82) is 0 Å². The number of aliphatic hydroxyl groups is 2. The molecule has 0 radical (unpaired) electrons. The lowest BCUT2D eigenvalue weighted by molar-refractivity contribution is -0.157. The van der Waals surface area contributed by atoms with E-state index in [1.165, 1.54) is 6.07 Å². The maximum absolute atomic E-state index is 14.5. The van der Waals surface area contributed by atoms with E-state index in [0.29, 0.717) is 34.6 Å². The van der Waals surface area contributed by atoms with Crippen LogP contribution in [0.2, 0.25) is 0 Å². The van der Waals surface area contributed by atoms with Crippen molar-refractivity contribution in [2.75, 3.05) is 6.61 Å². The molecule has 4 heterocycles. The lowest BCUT2D eigenvalue weighted by atomic mass is 9.85. The molecule has 224 valence electrons. The van der Waals surface area contributed by atoms with Crippen LogP contribution in [-0.2, 0) is 40.3 Å². The molecule has 3 aromatic rings. The zero-order valence-electron chi connectivity index (χ0n) is 23.7. The van der Waals surface area contributed by atoms with Crippen molar-refractivity contribution in [2.45, 2.75) is 65.7 Å². The number of aliphatic hydroxyl groups excluding tert-OH is 2. The second kappa shape index (κ2) is 12.3. The summed E-state index contributed by atoms with van der Waals surface area (Å²) in [6.45, 7) is 5.90.